The number of amides is 1. The van der Waals surface area contributed by atoms with E-state index in [0.29, 0.717) is 11.0 Å². The third-order valence-corrected chi connectivity index (χ3v) is 4.34. The Morgan fingerprint density at radius 2 is 1.78 bits per heavy atom. The Bertz CT molecular complexity index is 694. The Balaban J connectivity index is 3.13. The lowest BCUT2D eigenvalue weighted by molar-refractivity contribution is -0.161. The standard InChI is InChI=1S/C17H28N4O5S/c1-10(2)26-13(23)11(12(22)25-8)9-27-15-18-14(17(3,4)5)19-21(15)16(24)20(6)7/h10-11H,9H2,1-8H3. The average molecular weight is 401 g/mol. The van der Waals surface area contributed by atoms with Crippen LogP contribution in [0.5, 0.6) is 0 Å². The molecule has 0 radical (unpaired) electrons. The van der Waals surface area contributed by atoms with Gasteiger partial charge in [0, 0.05) is 25.3 Å². The first-order chi connectivity index (χ1) is 12.4. The van der Waals surface area contributed by atoms with Gasteiger partial charge < -0.3 is 14.4 Å². The van der Waals surface area contributed by atoms with E-state index in [-0.39, 0.29) is 23.3 Å². The van der Waals surface area contributed by atoms with Crippen LogP contribution in [0.15, 0.2) is 5.16 Å². The zero-order chi connectivity index (χ0) is 20.9. The van der Waals surface area contributed by atoms with E-state index in [1.54, 1.807) is 27.9 Å². The SMILES string of the molecule is COC(=O)C(CSc1nc(C(C)(C)C)nn1C(=O)N(C)C)C(=O)OC(C)C. The molecule has 1 amide bonds. The van der Waals surface area contributed by atoms with Crippen molar-refractivity contribution in [2.75, 3.05) is 27.0 Å². The molecule has 0 saturated heterocycles. The average Bonchev–Trinajstić information content (AvgIpc) is 2.97. The predicted molar refractivity (Wildman–Crippen MR) is 101 cm³/mol. The number of methoxy groups -OCH3 is 1. The number of hydrogen-bond donors (Lipinski definition) is 0. The van der Waals surface area contributed by atoms with Gasteiger partial charge in [-0.1, -0.05) is 32.5 Å². The van der Waals surface area contributed by atoms with Crippen molar-refractivity contribution in [2.45, 2.75) is 51.3 Å². The third kappa shape index (κ3) is 6.23. The minimum Gasteiger partial charge on any atom is -0.468 e. The van der Waals surface area contributed by atoms with Crippen molar-refractivity contribution in [1.29, 1.82) is 0 Å². The lowest BCUT2D eigenvalue weighted by atomic mass is 9.96. The fourth-order valence-electron chi connectivity index (χ4n) is 1.87. The van der Waals surface area contributed by atoms with E-state index < -0.39 is 17.9 Å². The second-order valence-electron chi connectivity index (χ2n) is 7.43. The monoisotopic (exact) mass is 400 g/mol. The summed E-state index contributed by atoms with van der Waals surface area (Å²) in [5.74, 6) is -2.00. The van der Waals surface area contributed by atoms with Gasteiger partial charge in [0.2, 0.25) is 0 Å². The van der Waals surface area contributed by atoms with Crippen LogP contribution in [0.25, 0.3) is 0 Å². The van der Waals surface area contributed by atoms with Crippen LogP contribution in [-0.2, 0) is 24.5 Å². The predicted octanol–water partition coefficient (Wildman–Crippen LogP) is 1.94. The lowest BCUT2D eigenvalue weighted by Gasteiger charge is -2.16. The molecule has 10 heteroatoms. The fraction of sp³-hybridized carbons (Fsp3) is 0.706. The van der Waals surface area contributed by atoms with E-state index in [1.165, 1.54) is 16.7 Å². The van der Waals surface area contributed by atoms with Gasteiger partial charge in [-0.2, -0.15) is 4.68 Å². The highest BCUT2D eigenvalue weighted by atomic mass is 32.2. The number of thioether (sulfide) groups is 1. The van der Waals surface area contributed by atoms with Crippen molar-refractivity contribution in [2.24, 2.45) is 5.92 Å². The number of carbonyl (C=O) groups excluding carboxylic acids is 3. The van der Waals surface area contributed by atoms with E-state index in [4.69, 9.17) is 9.47 Å². The molecule has 0 saturated carbocycles. The Labute approximate surface area is 163 Å². The number of rotatable bonds is 6. The van der Waals surface area contributed by atoms with E-state index in [1.807, 2.05) is 20.8 Å². The molecule has 0 fully saturated rings. The van der Waals surface area contributed by atoms with Gasteiger partial charge in [-0.3, -0.25) is 9.59 Å². The van der Waals surface area contributed by atoms with Crippen LogP contribution in [-0.4, -0.2) is 70.7 Å². The first kappa shape index (κ1) is 22.9. The zero-order valence-electron chi connectivity index (χ0n) is 17.1. The number of carbonyl (C=O) groups is 3. The molecule has 0 aliphatic rings. The van der Waals surface area contributed by atoms with E-state index >= 15 is 0 Å². The topological polar surface area (TPSA) is 104 Å². The molecule has 1 rings (SSSR count). The van der Waals surface area contributed by atoms with Crippen LogP contribution < -0.4 is 0 Å². The van der Waals surface area contributed by atoms with Crippen molar-refractivity contribution in [1.82, 2.24) is 19.7 Å². The Morgan fingerprint density at radius 3 is 2.22 bits per heavy atom. The maximum absolute atomic E-state index is 12.4. The molecule has 27 heavy (non-hydrogen) atoms. The molecule has 152 valence electrons. The van der Waals surface area contributed by atoms with Crippen molar-refractivity contribution in [3.8, 4) is 0 Å². The quantitative estimate of drug-likeness (QED) is 0.405. The van der Waals surface area contributed by atoms with Crippen LogP contribution >= 0.6 is 11.8 Å². The highest BCUT2D eigenvalue weighted by molar-refractivity contribution is 7.99. The van der Waals surface area contributed by atoms with Gasteiger partial charge in [0.15, 0.2) is 16.9 Å². The number of aromatic nitrogens is 3. The molecule has 9 nitrogen and oxygen atoms in total. The van der Waals surface area contributed by atoms with Crippen LogP contribution in [0.1, 0.15) is 40.4 Å². The summed E-state index contributed by atoms with van der Waals surface area (Å²) in [6.45, 7) is 9.18. The molecule has 0 aromatic carbocycles. The number of esters is 2. The second kappa shape index (κ2) is 9.20. The van der Waals surface area contributed by atoms with Crippen molar-refractivity contribution in [3.63, 3.8) is 0 Å². The van der Waals surface area contributed by atoms with Gasteiger partial charge >= 0.3 is 18.0 Å². The van der Waals surface area contributed by atoms with E-state index in [2.05, 4.69) is 10.1 Å². The Morgan fingerprint density at radius 1 is 1.19 bits per heavy atom. The minimum atomic E-state index is -1.12. The van der Waals surface area contributed by atoms with Gasteiger partial charge in [-0.25, -0.2) is 9.78 Å². The molecule has 0 spiro atoms. The summed E-state index contributed by atoms with van der Waals surface area (Å²) in [4.78, 5) is 42.4. The highest BCUT2D eigenvalue weighted by Crippen LogP contribution is 2.26. The molecule has 1 unspecified atom stereocenters. The third-order valence-electron chi connectivity index (χ3n) is 3.31. The Hall–Kier alpha value is -2.10. The first-order valence-electron chi connectivity index (χ1n) is 8.48. The van der Waals surface area contributed by atoms with Gasteiger partial charge in [0.05, 0.1) is 13.2 Å². The molecule has 0 bridgehead atoms. The molecule has 1 atom stereocenters. The van der Waals surface area contributed by atoms with Gasteiger partial charge in [0.25, 0.3) is 0 Å². The molecule has 1 aromatic heterocycles. The largest absolute Gasteiger partial charge is 0.468 e. The van der Waals surface area contributed by atoms with Crippen LogP contribution in [0, 0.1) is 5.92 Å². The van der Waals surface area contributed by atoms with Crippen LogP contribution in [0.2, 0.25) is 0 Å². The molecular weight excluding hydrogens is 372 g/mol. The van der Waals surface area contributed by atoms with Crippen molar-refractivity contribution in [3.05, 3.63) is 5.82 Å². The summed E-state index contributed by atoms with van der Waals surface area (Å²) in [7, 11) is 4.41. The van der Waals surface area contributed by atoms with Gasteiger partial charge in [-0.15, -0.1) is 5.10 Å². The minimum absolute atomic E-state index is 0.0151. The van der Waals surface area contributed by atoms with Gasteiger partial charge in [0.1, 0.15) is 0 Å². The van der Waals surface area contributed by atoms with E-state index in [0.717, 1.165) is 11.8 Å². The van der Waals surface area contributed by atoms with Gasteiger partial charge in [-0.05, 0) is 13.8 Å². The maximum Gasteiger partial charge on any atom is 0.346 e. The van der Waals surface area contributed by atoms with Crippen LogP contribution in [0.3, 0.4) is 0 Å². The molecule has 0 aliphatic carbocycles. The highest BCUT2D eigenvalue weighted by Gasteiger charge is 2.32. The van der Waals surface area contributed by atoms with Crippen molar-refractivity contribution >= 4 is 29.7 Å². The number of ether oxygens (including phenoxy) is 2. The smallest absolute Gasteiger partial charge is 0.346 e. The zero-order valence-corrected chi connectivity index (χ0v) is 17.9. The normalized spacial score (nSPS) is 12.6. The number of hydrogen-bond acceptors (Lipinski definition) is 8. The summed E-state index contributed by atoms with van der Waals surface area (Å²) >= 11 is 1.08. The summed E-state index contributed by atoms with van der Waals surface area (Å²) < 4.78 is 11.0. The molecule has 1 aromatic rings. The molecule has 0 aliphatic heterocycles. The maximum atomic E-state index is 12.4. The van der Waals surface area contributed by atoms with Crippen LogP contribution in [0.4, 0.5) is 4.79 Å². The fourth-order valence-corrected chi connectivity index (χ4v) is 2.85. The molecule has 0 N–H and O–H groups in total. The summed E-state index contributed by atoms with van der Waals surface area (Å²) in [6.07, 6.45) is -0.360. The lowest BCUT2D eigenvalue weighted by Crippen LogP contribution is -2.32. The number of nitrogens with zero attached hydrogens (tertiary/aromatic N) is 4. The van der Waals surface area contributed by atoms with E-state index in [9.17, 15) is 14.4 Å². The van der Waals surface area contributed by atoms with Crippen molar-refractivity contribution < 1.29 is 23.9 Å². The summed E-state index contributed by atoms with van der Waals surface area (Å²) in [5.41, 5.74) is -0.370. The summed E-state index contributed by atoms with van der Waals surface area (Å²) in [5, 5.41) is 4.60. The summed E-state index contributed by atoms with van der Waals surface area (Å²) in [6, 6.07) is -0.375. The second-order valence-corrected chi connectivity index (χ2v) is 8.42. The molecule has 1 heterocycles. The Kier molecular flexibility index (Phi) is 7.82. The first-order valence-corrected chi connectivity index (χ1v) is 9.47. The molecular formula is C17H28N4O5S.